The van der Waals surface area contributed by atoms with Crippen LogP contribution in [-0.2, 0) is 16.0 Å². The van der Waals surface area contributed by atoms with Crippen molar-refractivity contribution >= 4 is 22.6 Å². The van der Waals surface area contributed by atoms with Crippen molar-refractivity contribution in [3.63, 3.8) is 0 Å². The first-order valence-electron chi connectivity index (χ1n) is 7.70. The molecule has 3 rings (SSSR count). The van der Waals surface area contributed by atoms with Gasteiger partial charge in [0.05, 0.1) is 6.42 Å². The molecule has 0 atom stereocenters. The van der Waals surface area contributed by atoms with Gasteiger partial charge in [-0.25, -0.2) is 4.79 Å². The third-order valence-corrected chi connectivity index (χ3v) is 4.56. The zero-order valence-electron chi connectivity index (χ0n) is 12.7. The number of carbonyl (C=O) groups excluding carboxylic acids is 1. The molecular formula is C18H19NO4. The Morgan fingerprint density at radius 3 is 2.39 bits per heavy atom. The third kappa shape index (κ3) is 3.05. The molecule has 1 aliphatic heterocycles. The van der Waals surface area contributed by atoms with Crippen LogP contribution in [0.5, 0.6) is 0 Å². The number of carboxylic acids is 1. The van der Waals surface area contributed by atoms with Gasteiger partial charge in [-0.2, -0.15) is 0 Å². The normalized spacial score (nSPS) is 17.2. The van der Waals surface area contributed by atoms with E-state index in [1.807, 2.05) is 42.5 Å². The molecule has 120 valence electrons. The second-order valence-corrected chi connectivity index (χ2v) is 6.03. The van der Waals surface area contributed by atoms with Crippen molar-refractivity contribution in [2.45, 2.75) is 24.9 Å². The maximum atomic E-state index is 12.5. The van der Waals surface area contributed by atoms with Crippen LogP contribution in [-0.4, -0.2) is 45.7 Å². The average molecular weight is 313 g/mol. The van der Waals surface area contributed by atoms with Gasteiger partial charge < -0.3 is 15.1 Å². The fourth-order valence-electron chi connectivity index (χ4n) is 3.06. The summed E-state index contributed by atoms with van der Waals surface area (Å²) in [5.74, 6) is -1.24. The molecule has 1 saturated heterocycles. The molecule has 0 aliphatic carbocycles. The fourth-order valence-corrected chi connectivity index (χ4v) is 3.06. The molecule has 5 heteroatoms. The van der Waals surface area contributed by atoms with E-state index in [4.69, 9.17) is 5.11 Å². The molecule has 2 aromatic rings. The number of aliphatic carboxylic acids is 1. The summed E-state index contributed by atoms with van der Waals surface area (Å²) in [7, 11) is 0. The maximum absolute atomic E-state index is 12.5. The van der Waals surface area contributed by atoms with Crippen molar-refractivity contribution in [3.8, 4) is 0 Å². The third-order valence-electron chi connectivity index (χ3n) is 4.56. The second-order valence-electron chi connectivity index (χ2n) is 6.03. The monoisotopic (exact) mass is 313 g/mol. The van der Waals surface area contributed by atoms with E-state index >= 15 is 0 Å². The molecule has 1 aliphatic rings. The van der Waals surface area contributed by atoms with Crippen molar-refractivity contribution in [3.05, 3.63) is 48.0 Å². The predicted molar refractivity (Wildman–Crippen MR) is 86.1 cm³/mol. The summed E-state index contributed by atoms with van der Waals surface area (Å²) < 4.78 is 0. The van der Waals surface area contributed by atoms with E-state index in [9.17, 15) is 14.7 Å². The minimum atomic E-state index is -1.70. The Hall–Kier alpha value is -2.40. The Morgan fingerprint density at radius 1 is 1.04 bits per heavy atom. The van der Waals surface area contributed by atoms with Crippen LogP contribution in [0.3, 0.4) is 0 Å². The molecule has 0 aromatic heterocycles. The molecule has 2 N–H and O–H groups in total. The highest BCUT2D eigenvalue weighted by Crippen LogP contribution is 2.24. The average Bonchev–Trinajstić information content (AvgIpc) is 2.55. The number of piperidine rings is 1. The quantitative estimate of drug-likeness (QED) is 0.906. The van der Waals surface area contributed by atoms with Gasteiger partial charge in [0.2, 0.25) is 5.91 Å². The van der Waals surface area contributed by atoms with E-state index in [0.717, 1.165) is 16.3 Å². The van der Waals surface area contributed by atoms with Crippen LogP contribution < -0.4 is 0 Å². The van der Waals surface area contributed by atoms with Gasteiger partial charge in [0.1, 0.15) is 0 Å². The zero-order chi connectivity index (χ0) is 16.4. The van der Waals surface area contributed by atoms with Crippen LogP contribution in [0.4, 0.5) is 0 Å². The van der Waals surface area contributed by atoms with Crippen LogP contribution in [0.25, 0.3) is 10.8 Å². The highest BCUT2D eigenvalue weighted by Gasteiger charge is 2.40. The number of aliphatic hydroxyl groups is 1. The molecule has 0 radical (unpaired) electrons. The van der Waals surface area contributed by atoms with E-state index in [0.29, 0.717) is 0 Å². The summed E-state index contributed by atoms with van der Waals surface area (Å²) >= 11 is 0. The molecule has 23 heavy (non-hydrogen) atoms. The number of likely N-dealkylation sites (tertiary alicyclic amines) is 1. The van der Waals surface area contributed by atoms with Crippen molar-refractivity contribution in [2.75, 3.05) is 13.1 Å². The van der Waals surface area contributed by atoms with E-state index in [2.05, 4.69) is 0 Å². The first kappa shape index (κ1) is 15.5. The molecule has 0 saturated carbocycles. The first-order valence-corrected chi connectivity index (χ1v) is 7.70. The van der Waals surface area contributed by atoms with Gasteiger partial charge in [-0.3, -0.25) is 4.79 Å². The molecule has 1 fully saturated rings. The largest absolute Gasteiger partial charge is 0.479 e. The molecule has 1 heterocycles. The van der Waals surface area contributed by atoms with Gasteiger partial charge in [-0.15, -0.1) is 0 Å². The van der Waals surface area contributed by atoms with Crippen LogP contribution >= 0.6 is 0 Å². The highest BCUT2D eigenvalue weighted by molar-refractivity contribution is 5.90. The highest BCUT2D eigenvalue weighted by atomic mass is 16.4. The number of nitrogens with zero attached hydrogens (tertiary/aromatic N) is 1. The molecule has 0 unspecified atom stereocenters. The van der Waals surface area contributed by atoms with Gasteiger partial charge in [-0.05, 0) is 16.3 Å². The van der Waals surface area contributed by atoms with Gasteiger partial charge >= 0.3 is 5.97 Å². The Bertz CT molecular complexity index is 742. The van der Waals surface area contributed by atoms with Gasteiger partial charge in [0, 0.05) is 25.9 Å². The number of benzene rings is 2. The SMILES string of the molecule is O=C(Cc1cccc2ccccc12)N1CCC(O)(C(=O)O)CC1. The number of carboxylic acid groups (broad SMARTS) is 1. The lowest BCUT2D eigenvalue weighted by molar-refractivity contribution is -0.165. The zero-order valence-corrected chi connectivity index (χ0v) is 12.7. The summed E-state index contributed by atoms with van der Waals surface area (Å²) in [6.45, 7) is 0.540. The standard InChI is InChI=1S/C18H19NO4/c20-16(19-10-8-18(23,9-11-19)17(21)22)12-14-6-3-5-13-4-1-2-7-15(13)14/h1-7,23H,8-12H2,(H,21,22). The number of fused-ring (bicyclic) bond motifs is 1. The number of carbonyl (C=O) groups is 2. The summed E-state index contributed by atoms with van der Waals surface area (Å²) in [6.07, 6.45) is 0.431. The topological polar surface area (TPSA) is 77.8 Å². The molecule has 2 aromatic carbocycles. The molecule has 1 amide bonds. The molecular weight excluding hydrogens is 294 g/mol. The smallest absolute Gasteiger partial charge is 0.335 e. The lowest BCUT2D eigenvalue weighted by atomic mass is 9.91. The lowest BCUT2D eigenvalue weighted by Gasteiger charge is -2.35. The number of rotatable bonds is 3. The van der Waals surface area contributed by atoms with Gasteiger partial charge in [0.25, 0.3) is 0 Å². The Balaban J connectivity index is 1.71. The van der Waals surface area contributed by atoms with Crippen molar-refractivity contribution < 1.29 is 19.8 Å². The maximum Gasteiger partial charge on any atom is 0.335 e. The Kier molecular flexibility index (Phi) is 4.05. The van der Waals surface area contributed by atoms with Crippen molar-refractivity contribution in [1.29, 1.82) is 0 Å². The summed E-state index contributed by atoms with van der Waals surface area (Å²) in [4.78, 5) is 25.2. The Morgan fingerprint density at radius 2 is 1.70 bits per heavy atom. The number of hydrogen-bond donors (Lipinski definition) is 2. The van der Waals surface area contributed by atoms with Gasteiger partial charge in [-0.1, -0.05) is 42.5 Å². The van der Waals surface area contributed by atoms with Crippen molar-refractivity contribution in [1.82, 2.24) is 4.90 Å². The van der Waals surface area contributed by atoms with Gasteiger partial charge in [0.15, 0.2) is 5.60 Å². The van der Waals surface area contributed by atoms with Crippen LogP contribution in [0, 0.1) is 0 Å². The van der Waals surface area contributed by atoms with E-state index in [1.165, 1.54) is 0 Å². The second kappa shape index (κ2) is 6.01. The minimum Gasteiger partial charge on any atom is -0.479 e. The minimum absolute atomic E-state index is 0.0335. The van der Waals surface area contributed by atoms with Crippen LogP contribution in [0.15, 0.2) is 42.5 Å². The molecule has 5 nitrogen and oxygen atoms in total. The van der Waals surface area contributed by atoms with E-state index in [1.54, 1.807) is 4.90 Å². The molecule has 0 spiro atoms. The lowest BCUT2D eigenvalue weighted by Crippen LogP contribution is -2.51. The number of amides is 1. The van der Waals surface area contributed by atoms with Crippen LogP contribution in [0.1, 0.15) is 18.4 Å². The summed E-state index contributed by atoms with van der Waals surface area (Å²) in [6, 6.07) is 13.8. The Labute approximate surface area is 134 Å². The summed E-state index contributed by atoms with van der Waals surface area (Å²) in [5, 5.41) is 21.1. The van der Waals surface area contributed by atoms with Crippen LogP contribution in [0.2, 0.25) is 0 Å². The van der Waals surface area contributed by atoms with Crippen molar-refractivity contribution in [2.24, 2.45) is 0 Å². The predicted octanol–water partition coefficient (Wildman–Crippen LogP) is 1.82. The first-order chi connectivity index (χ1) is 11.0. The van der Waals surface area contributed by atoms with E-state index in [-0.39, 0.29) is 38.3 Å². The van der Waals surface area contributed by atoms with E-state index < -0.39 is 11.6 Å². The summed E-state index contributed by atoms with van der Waals surface area (Å²) in [5.41, 5.74) is -0.733. The molecule has 0 bridgehead atoms. The number of hydrogen-bond acceptors (Lipinski definition) is 3. The fraction of sp³-hybridized carbons (Fsp3) is 0.333.